The van der Waals surface area contributed by atoms with Crippen molar-refractivity contribution in [2.45, 2.75) is 39.9 Å². The minimum atomic E-state index is -0.317. The number of nitrogens with zero attached hydrogens (tertiary/aromatic N) is 1. The fraction of sp³-hybridized carbons (Fsp3) is 0.579. The van der Waals surface area contributed by atoms with Crippen LogP contribution in [0.4, 0.5) is 5.69 Å². The Hall–Kier alpha value is -2.12. The highest BCUT2D eigenvalue weighted by Gasteiger charge is 2.27. The maximum atomic E-state index is 12.2. The van der Waals surface area contributed by atoms with Crippen molar-refractivity contribution in [1.29, 1.82) is 0 Å². The van der Waals surface area contributed by atoms with E-state index >= 15 is 0 Å². The number of morpholine rings is 1. The summed E-state index contributed by atoms with van der Waals surface area (Å²) in [6.07, 6.45) is 0.279. The van der Waals surface area contributed by atoms with Crippen molar-refractivity contribution in [3.8, 4) is 0 Å². The Morgan fingerprint density at radius 2 is 1.65 bits per heavy atom. The van der Waals surface area contributed by atoms with Gasteiger partial charge in [0.25, 0.3) is 11.8 Å². The summed E-state index contributed by atoms with van der Waals surface area (Å²) in [6.45, 7) is 11.9. The maximum absolute atomic E-state index is 12.2. The molecule has 1 aliphatic heterocycles. The van der Waals surface area contributed by atoms with Gasteiger partial charge in [0.1, 0.15) is 25.3 Å². The first kappa shape index (κ1) is 20.2. The van der Waals surface area contributed by atoms with E-state index in [1.807, 2.05) is 26.0 Å². The summed E-state index contributed by atoms with van der Waals surface area (Å²) in [7, 11) is 0. The van der Waals surface area contributed by atoms with Gasteiger partial charge in [0.15, 0.2) is 6.54 Å². The summed E-state index contributed by atoms with van der Waals surface area (Å²) in [5.74, 6) is -0.516. The quantitative estimate of drug-likeness (QED) is 0.622. The molecule has 1 aromatic rings. The van der Waals surface area contributed by atoms with E-state index in [0.717, 1.165) is 36.8 Å². The minimum absolute atomic E-state index is 0.139. The number of hydrogen-bond acceptors (Lipinski definition) is 4. The lowest BCUT2D eigenvalue weighted by Crippen LogP contribution is -3.16. The van der Waals surface area contributed by atoms with Crippen molar-refractivity contribution in [2.24, 2.45) is 0 Å². The molecule has 1 saturated heterocycles. The van der Waals surface area contributed by atoms with Crippen LogP contribution in [0.5, 0.6) is 0 Å². The number of rotatable bonds is 6. The third kappa shape index (κ3) is 5.71. The first-order chi connectivity index (χ1) is 12.4. The molecule has 7 nitrogen and oxygen atoms in total. The van der Waals surface area contributed by atoms with Gasteiger partial charge < -0.3 is 14.5 Å². The van der Waals surface area contributed by atoms with Crippen molar-refractivity contribution >= 4 is 17.5 Å². The van der Waals surface area contributed by atoms with E-state index in [2.05, 4.69) is 29.6 Å². The zero-order valence-corrected chi connectivity index (χ0v) is 16.2. The van der Waals surface area contributed by atoms with Crippen LogP contribution in [0.3, 0.4) is 0 Å². The van der Waals surface area contributed by atoms with Gasteiger partial charge in [0.2, 0.25) is 0 Å². The van der Waals surface area contributed by atoms with Gasteiger partial charge in [-0.25, -0.2) is 0 Å². The Labute approximate surface area is 155 Å². The van der Waals surface area contributed by atoms with Gasteiger partial charge in [-0.1, -0.05) is 0 Å². The van der Waals surface area contributed by atoms with Gasteiger partial charge in [0, 0.05) is 24.3 Å². The van der Waals surface area contributed by atoms with E-state index in [1.54, 1.807) is 12.1 Å². The molecule has 1 fully saturated rings. The summed E-state index contributed by atoms with van der Waals surface area (Å²) in [6, 6.07) is 7.38. The van der Waals surface area contributed by atoms with E-state index < -0.39 is 0 Å². The molecule has 0 bridgehead atoms. The smallest absolute Gasteiger partial charge is 0.293 e. The van der Waals surface area contributed by atoms with Gasteiger partial charge in [0.05, 0.1) is 0 Å². The zero-order chi connectivity index (χ0) is 19.1. The second-order valence-corrected chi connectivity index (χ2v) is 6.81. The highest BCUT2D eigenvalue weighted by molar-refractivity contribution is 5.95. The van der Waals surface area contributed by atoms with Crippen LogP contribution in [0.15, 0.2) is 24.3 Å². The summed E-state index contributed by atoms with van der Waals surface area (Å²) >= 11 is 0. The standard InChI is InChI=1S/C19H30N4O3/c1-5-23(6-2)17-9-7-16(8-10-17)19(25)21-20-18(24)13-22-11-14(3)26-15(4)12-22/h7-10,14-15H,5-6,11-13H2,1-4H3,(H,20,24)(H,21,25)/p+1/t14-,15+. The summed E-state index contributed by atoms with van der Waals surface area (Å²) in [4.78, 5) is 27.7. The number of hydrazine groups is 1. The molecule has 1 heterocycles. The zero-order valence-electron chi connectivity index (χ0n) is 16.2. The summed E-state index contributed by atoms with van der Waals surface area (Å²) < 4.78 is 5.67. The number of quaternary nitrogens is 1. The molecule has 2 rings (SSSR count). The van der Waals surface area contributed by atoms with Crippen LogP contribution in [0.2, 0.25) is 0 Å². The van der Waals surface area contributed by atoms with Crippen molar-refractivity contribution in [2.75, 3.05) is 37.6 Å². The molecule has 0 saturated carbocycles. The molecule has 1 unspecified atom stereocenters. The van der Waals surface area contributed by atoms with Crippen molar-refractivity contribution in [1.82, 2.24) is 10.9 Å². The van der Waals surface area contributed by atoms with E-state index in [-0.39, 0.29) is 24.0 Å². The normalized spacial score (nSPS) is 22.5. The highest BCUT2D eigenvalue weighted by Crippen LogP contribution is 2.14. The fourth-order valence-electron chi connectivity index (χ4n) is 3.42. The molecular formula is C19H31N4O3+. The van der Waals surface area contributed by atoms with Crippen molar-refractivity contribution in [3.63, 3.8) is 0 Å². The molecule has 7 heteroatoms. The lowest BCUT2D eigenvalue weighted by Gasteiger charge is -2.31. The lowest BCUT2D eigenvalue weighted by atomic mass is 10.2. The molecule has 1 aliphatic rings. The molecular weight excluding hydrogens is 332 g/mol. The first-order valence-corrected chi connectivity index (χ1v) is 9.36. The third-order valence-electron chi connectivity index (χ3n) is 4.60. The van der Waals surface area contributed by atoms with Crippen LogP contribution in [0.25, 0.3) is 0 Å². The molecule has 0 spiro atoms. The number of hydrogen-bond donors (Lipinski definition) is 3. The fourth-order valence-corrected chi connectivity index (χ4v) is 3.42. The minimum Gasteiger partial charge on any atom is -0.372 e. The van der Waals surface area contributed by atoms with Crippen LogP contribution in [-0.2, 0) is 9.53 Å². The molecule has 3 atom stereocenters. The Morgan fingerprint density at radius 1 is 1.08 bits per heavy atom. The van der Waals surface area contributed by atoms with E-state index in [1.165, 1.54) is 0 Å². The number of carbonyl (C=O) groups excluding carboxylic acids is 2. The Morgan fingerprint density at radius 3 is 2.19 bits per heavy atom. The van der Waals surface area contributed by atoms with Gasteiger partial charge in [-0.2, -0.15) is 0 Å². The Balaban J connectivity index is 1.81. The van der Waals surface area contributed by atoms with Crippen LogP contribution < -0.4 is 20.7 Å². The molecule has 3 N–H and O–H groups in total. The second-order valence-electron chi connectivity index (χ2n) is 6.81. The van der Waals surface area contributed by atoms with Crippen LogP contribution in [0, 0.1) is 0 Å². The molecule has 1 aromatic carbocycles. The predicted molar refractivity (Wildman–Crippen MR) is 101 cm³/mol. The number of amides is 2. The number of nitrogens with one attached hydrogen (secondary N) is 3. The number of benzene rings is 1. The van der Waals surface area contributed by atoms with Gasteiger partial charge in [-0.05, 0) is 52.0 Å². The number of anilines is 1. The predicted octanol–water partition coefficient (Wildman–Crippen LogP) is -0.0141. The molecule has 0 aliphatic carbocycles. The van der Waals surface area contributed by atoms with E-state index in [9.17, 15) is 9.59 Å². The first-order valence-electron chi connectivity index (χ1n) is 9.36. The van der Waals surface area contributed by atoms with Crippen LogP contribution in [-0.4, -0.2) is 56.7 Å². The second kappa shape index (κ2) is 9.54. The Bertz CT molecular complexity index is 591. The average molecular weight is 363 g/mol. The maximum Gasteiger partial charge on any atom is 0.293 e. The Kier molecular flexibility index (Phi) is 7.41. The molecule has 0 aromatic heterocycles. The molecule has 2 amide bonds. The highest BCUT2D eigenvalue weighted by atomic mass is 16.5. The summed E-state index contributed by atoms with van der Waals surface area (Å²) in [5, 5.41) is 0. The largest absolute Gasteiger partial charge is 0.372 e. The van der Waals surface area contributed by atoms with Crippen LogP contribution in [0.1, 0.15) is 38.1 Å². The van der Waals surface area contributed by atoms with E-state index in [0.29, 0.717) is 12.1 Å². The van der Waals surface area contributed by atoms with E-state index in [4.69, 9.17) is 4.74 Å². The molecule has 0 radical (unpaired) electrons. The van der Waals surface area contributed by atoms with Crippen molar-refractivity contribution in [3.05, 3.63) is 29.8 Å². The average Bonchev–Trinajstić information content (AvgIpc) is 2.60. The lowest BCUT2D eigenvalue weighted by molar-refractivity contribution is -0.907. The van der Waals surface area contributed by atoms with Gasteiger partial charge >= 0.3 is 0 Å². The van der Waals surface area contributed by atoms with Gasteiger partial charge in [-0.15, -0.1) is 0 Å². The van der Waals surface area contributed by atoms with Crippen LogP contribution >= 0.6 is 0 Å². The SMILES string of the molecule is CCN(CC)c1ccc(C(=O)NNC(=O)C[NH+]2C[C@@H](C)O[C@@H](C)C2)cc1. The van der Waals surface area contributed by atoms with Crippen molar-refractivity contribution < 1.29 is 19.2 Å². The number of ether oxygens (including phenoxy) is 1. The molecule has 144 valence electrons. The third-order valence-corrected chi connectivity index (χ3v) is 4.60. The molecule has 26 heavy (non-hydrogen) atoms. The van der Waals surface area contributed by atoms with Gasteiger partial charge in [-0.3, -0.25) is 20.4 Å². The number of carbonyl (C=O) groups is 2. The topological polar surface area (TPSA) is 75.1 Å². The monoisotopic (exact) mass is 363 g/mol. The summed E-state index contributed by atoms with van der Waals surface area (Å²) in [5.41, 5.74) is 6.59.